The van der Waals surface area contributed by atoms with E-state index >= 15 is 0 Å². The minimum atomic E-state index is -1.04. The number of anilines is 2. The molecule has 71 heavy (non-hydrogen) atoms. The van der Waals surface area contributed by atoms with E-state index in [2.05, 4.69) is 118 Å². The van der Waals surface area contributed by atoms with Crippen molar-refractivity contribution in [2.45, 2.75) is 78.0 Å². The van der Waals surface area contributed by atoms with Crippen LogP contribution >= 0.6 is 0 Å². The molecule has 3 aromatic carbocycles. The first-order valence-electron chi connectivity index (χ1n) is 24.8. The Morgan fingerprint density at radius 2 is 1.34 bits per heavy atom. The fourth-order valence-corrected chi connectivity index (χ4v) is 10.3. The number of nitrogens with zero attached hydrogens (tertiary/aromatic N) is 12. The highest BCUT2D eigenvalue weighted by molar-refractivity contribution is 6.08. The van der Waals surface area contributed by atoms with Crippen LogP contribution in [0.15, 0.2) is 128 Å². The molecular formula is C55H60N14O2. The summed E-state index contributed by atoms with van der Waals surface area (Å²) in [5.41, 5.74) is 11.2. The molecule has 3 N–H and O–H groups in total. The highest BCUT2D eigenvalue weighted by Gasteiger charge is 2.28. The third-order valence-corrected chi connectivity index (χ3v) is 14.1. The van der Waals surface area contributed by atoms with Gasteiger partial charge < -0.3 is 20.6 Å². The zero-order valence-corrected chi connectivity index (χ0v) is 40.7. The number of aliphatic hydroxyl groups excluding tert-OH is 1. The number of nitrogens with one attached hydrogen (secondary N) is 2. The second kappa shape index (κ2) is 19.7. The quantitative estimate of drug-likeness (QED) is 0.0892. The van der Waals surface area contributed by atoms with Gasteiger partial charge in [0, 0.05) is 61.2 Å². The number of aryl methyl sites for hydroxylation is 2. The van der Waals surface area contributed by atoms with Gasteiger partial charge in [-0.25, -0.2) is 28.4 Å². The number of benzene rings is 3. The lowest BCUT2D eigenvalue weighted by molar-refractivity contribution is 0.102. The first kappa shape index (κ1) is 45.9. The fraction of sp³-hybridized carbons (Fsp3) is 0.327. The molecule has 2 fully saturated rings. The van der Waals surface area contributed by atoms with Crippen LogP contribution in [-0.4, -0.2) is 102 Å². The molecule has 9 aromatic rings. The Morgan fingerprint density at radius 1 is 0.704 bits per heavy atom. The van der Waals surface area contributed by atoms with Gasteiger partial charge in [0.2, 0.25) is 0 Å². The van der Waals surface area contributed by atoms with Crippen molar-refractivity contribution in [1.29, 1.82) is 0 Å². The maximum absolute atomic E-state index is 14.2. The lowest BCUT2D eigenvalue weighted by Gasteiger charge is -2.32. The molecule has 1 atom stereocenters. The summed E-state index contributed by atoms with van der Waals surface area (Å²) in [6, 6.07) is 32.9. The van der Waals surface area contributed by atoms with E-state index in [4.69, 9.17) is 15.3 Å². The molecule has 8 heterocycles. The second-order valence-corrected chi connectivity index (χ2v) is 19.7. The Morgan fingerprint density at radius 3 is 2.01 bits per heavy atom. The maximum atomic E-state index is 14.2. The Balaban J connectivity index is 0.774. The fourth-order valence-electron chi connectivity index (χ4n) is 10.3. The number of aromatic nitrogens is 10. The largest absolute Gasteiger partial charge is 0.369 e. The van der Waals surface area contributed by atoms with E-state index in [0.29, 0.717) is 45.9 Å². The first-order chi connectivity index (χ1) is 34.6. The number of hydrogen-bond donors (Lipinski definition) is 3. The molecule has 2 aliphatic heterocycles. The second-order valence-electron chi connectivity index (χ2n) is 19.7. The molecule has 0 bridgehead atoms. The smallest absolute Gasteiger partial charge is 0.262 e. The topological polar surface area (TPSA) is 164 Å². The number of amides is 1. The van der Waals surface area contributed by atoms with Gasteiger partial charge in [0.25, 0.3) is 5.91 Å². The summed E-state index contributed by atoms with van der Waals surface area (Å²) in [6.07, 6.45) is 11.4. The molecule has 6 aromatic heterocycles. The molecule has 0 saturated carbocycles. The van der Waals surface area contributed by atoms with Crippen molar-refractivity contribution in [2.75, 3.05) is 43.4 Å². The highest BCUT2D eigenvalue weighted by atomic mass is 16.3. The first-order valence-corrected chi connectivity index (χ1v) is 24.8. The number of carbonyl (C=O) groups is 1. The van der Waals surface area contributed by atoms with Crippen LogP contribution in [-0.2, 0) is 6.54 Å². The summed E-state index contributed by atoms with van der Waals surface area (Å²) >= 11 is 0. The summed E-state index contributed by atoms with van der Waals surface area (Å²) < 4.78 is 7.16. The lowest BCUT2D eigenvalue weighted by Crippen LogP contribution is -2.35. The highest BCUT2D eigenvalue weighted by Crippen LogP contribution is 2.34. The van der Waals surface area contributed by atoms with Gasteiger partial charge in [-0.3, -0.25) is 9.69 Å². The summed E-state index contributed by atoms with van der Waals surface area (Å²) in [7, 11) is 0. The van der Waals surface area contributed by atoms with Crippen molar-refractivity contribution in [3.63, 3.8) is 0 Å². The van der Waals surface area contributed by atoms with Gasteiger partial charge in [-0.1, -0.05) is 67.4 Å². The van der Waals surface area contributed by atoms with Crippen LogP contribution in [0.1, 0.15) is 102 Å². The van der Waals surface area contributed by atoms with Crippen molar-refractivity contribution in [3.05, 3.63) is 167 Å². The van der Waals surface area contributed by atoms with Gasteiger partial charge in [-0.15, -0.1) is 0 Å². The van der Waals surface area contributed by atoms with Gasteiger partial charge in [0.1, 0.15) is 17.2 Å². The minimum absolute atomic E-state index is 0.250. The Hall–Kier alpha value is -7.53. The van der Waals surface area contributed by atoms with Crippen LogP contribution in [0.5, 0.6) is 0 Å². The van der Waals surface area contributed by atoms with Gasteiger partial charge >= 0.3 is 0 Å². The maximum Gasteiger partial charge on any atom is 0.262 e. The molecule has 0 radical (unpaired) electrons. The average molecular weight is 949 g/mol. The van der Waals surface area contributed by atoms with Crippen molar-refractivity contribution in [2.24, 2.45) is 5.92 Å². The minimum Gasteiger partial charge on any atom is -0.369 e. The predicted octanol–water partition coefficient (Wildman–Crippen LogP) is 9.00. The average Bonchev–Trinajstić information content (AvgIpc) is 4.21. The summed E-state index contributed by atoms with van der Waals surface area (Å²) in [5, 5.41) is 37.3. The number of aliphatic hydroxyl groups is 1. The summed E-state index contributed by atoms with van der Waals surface area (Å²) in [4.78, 5) is 28.4. The number of piperidine rings is 2. The van der Waals surface area contributed by atoms with Gasteiger partial charge in [-0.2, -0.15) is 20.4 Å². The monoisotopic (exact) mass is 949 g/mol. The van der Waals surface area contributed by atoms with Gasteiger partial charge in [0.15, 0.2) is 17.5 Å². The van der Waals surface area contributed by atoms with Crippen molar-refractivity contribution >= 4 is 28.8 Å². The standard InChI is InChI=1S/C55H60N14O2/c1-36(2)34-64-25-18-40(19-26-64)47-31-51(68(62-47)44-15-11-38(4)12-16-44)61-55(71)46-33-59-69-49(17-23-57-53(46)69)42-8-5-7-39(29-42)35-65-27-20-41(21-28-65)48-30-50(67(63-48)43-13-9-37(3)10-14-43)60-54(70)45-32-58-66-24-6-22-56-52(45)66/h5-17,22-24,29-33,36,40-41,54,60,70H,18-21,25-28,34-35H2,1-4H3,(H,61,71). The van der Waals surface area contributed by atoms with Crippen LogP contribution in [0.4, 0.5) is 11.6 Å². The normalized spacial score (nSPS) is 15.8. The van der Waals surface area contributed by atoms with Crippen molar-refractivity contribution in [1.82, 2.24) is 58.6 Å². The van der Waals surface area contributed by atoms with E-state index in [1.807, 2.05) is 58.0 Å². The van der Waals surface area contributed by atoms with Gasteiger partial charge in [-0.05, 0) is 120 Å². The third-order valence-electron chi connectivity index (χ3n) is 14.1. The molecule has 16 heteroatoms. The van der Waals surface area contributed by atoms with Crippen LogP contribution in [0.25, 0.3) is 33.9 Å². The van der Waals surface area contributed by atoms with E-state index in [1.165, 1.54) is 5.56 Å². The molecule has 1 amide bonds. The predicted molar refractivity (Wildman–Crippen MR) is 275 cm³/mol. The lowest BCUT2D eigenvalue weighted by atomic mass is 9.93. The van der Waals surface area contributed by atoms with E-state index in [9.17, 15) is 9.90 Å². The SMILES string of the molecule is Cc1ccc(-n2nc(C3CCN(CC(C)C)CC3)cc2NC(=O)c2cnn3c(-c4cccc(CN5CCC(c6cc(NC(O)c7cnn8cccnc78)n(-c7ccc(C)cc7)n6)CC5)c4)ccnc23)cc1. The molecule has 2 aliphatic rings. The van der Waals surface area contributed by atoms with Crippen LogP contribution in [0.2, 0.25) is 0 Å². The number of rotatable bonds is 14. The molecule has 11 rings (SSSR count). The van der Waals surface area contributed by atoms with Crippen LogP contribution in [0.3, 0.4) is 0 Å². The molecule has 2 saturated heterocycles. The Labute approximate surface area is 413 Å². The number of likely N-dealkylation sites (tertiary alicyclic amines) is 2. The molecule has 0 spiro atoms. The molecule has 1 unspecified atom stereocenters. The number of hydrogen-bond acceptors (Lipinski definition) is 11. The molecular weight excluding hydrogens is 889 g/mol. The number of carbonyl (C=O) groups excluding carboxylic acids is 1. The Bertz CT molecular complexity index is 3300. The summed E-state index contributed by atoms with van der Waals surface area (Å²) in [5.74, 6) is 2.23. The van der Waals surface area contributed by atoms with Crippen molar-refractivity contribution in [3.8, 4) is 22.6 Å². The zero-order valence-electron chi connectivity index (χ0n) is 40.7. The third kappa shape index (κ3) is 9.70. The van der Waals surface area contributed by atoms with E-state index in [-0.39, 0.29) is 11.8 Å². The van der Waals surface area contributed by atoms with E-state index in [1.54, 1.807) is 33.8 Å². The molecule has 16 nitrogen and oxygen atoms in total. The Kier molecular flexibility index (Phi) is 12.7. The van der Waals surface area contributed by atoms with E-state index in [0.717, 1.165) is 110 Å². The van der Waals surface area contributed by atoms with E-state index < -0.39 is 6.23 Å². The summed E-state index contributed by atoms with van der Waals surface area (Å²) in [6.45, 7) is 14.5. The van der Waals surface area contributed by atoms with Gasteiger partial charge in [0.05, 0.1) is 46.4 Å². The molecule has 0 aliphatic carbocycles. The number of fused-ring (bicyclic) bond motifs is 2. The van der Waals surface area contributed by atoms with Crippen LogP contribution in [0, 0.1) is 19.8 Å². The zero-order chi connectivity index (χ0) is 48.6. The van der Waals surface area contributed by atoms with Crippen LogP contribution < -0.4 is 10.6 Å². The van der Waals surface area contributed by atoms with Crippen molar-refractivity contribution < 1.29 is 9.90 Å². The molecule has 362 valence electrons.